The Bertz CT molecular complexity index is 432. The van der Waals surface area contributed by atoms with Crippen molar-refractivity contribution >= 4 is 10.0 Å². The van der Waals surface area contributed by atoms with Crippen molar-refractivity contribution in [3.63, 3.8) is 0 Å². The lowest BCUT2D eigenvalue weighted by Gasteiger charge is -2.23. The van der Waals surface area contributed by atoms with Gasteiger partial charge in [-0.25, -0.2) is 13.4 Å². The number of hydrogen-bond acceptors (Lipinski definition) is 3. The minimum Gasteiger partial charge on any atom is -0.231 e. The van der Waals surface area contributed by atoms with E-state index >= 15 is 0 Å². The summed E-state index contributed by atoms with van der Waals surface area (Å²) in [5.74, 6) is 0. The van der Waals surface area contributed by atoms with Crippen molar-refractivity contribution in [2.45, 2.75) is 39.0 Å². The van der Waals surface area contributed by atoms with Gasteiger partial charge in [0.05, 0.1) is 4.90 Å². The van der Waals surface area contributed by atoms with E-state index in [0.717, 1.165) is 13.0 Å². The average molecular weight is 286 g/mol. The van der Waals surface area contributed by atoms with Gasteiger partial charge in [-0.2, -0.15) is 0 Å². The van der Waals surface area contributed by atoms with Crippen LogP contribution in [0.1, 0.15) is 34.1 Å². The summed E-state index contributed by atoms with van der Waals surface area (Å²) in [6.07, 6.45) is 0.891. The molecule has 0 bridgehead atoms. The first kappa shape index (κ1) is 18.1. The molecule has 0 radical (unpaired) electrons. The monoisotopic (exact) mass is 286 g/mol. The number of hydrazine groups is 1. The Hall–Kier alpha value is -0.910. The summed E-state index contributed by atoms with van der Waals surface area (Å²) >= 11 is 0. The van der Waals surface area contributed by atoms with Crippen molar-refractivity contribution < 1.29 is 8.42 Å². The lowest BCUT2D eigenvalue weighted by Crippen LogP contribution is -2.38. The molecule has 0 amide bonds. The molecule has 0 atom stereocenters. The standard InChI is InChI=1S/C10H14N2O2S.2C2H6/c1-11-8-5-9-12(11)15(13,14)10-6-3-2-4-7-10;2*1-2/h2-4,6-7H,5,8-9H2,1H3;2*1-2H3. The van der Waals surface area contributed by atoms with Gasteiger partial charge >= 0.3 is 0 Å². The summed E-state index contributed by atoms with van der Waals surface area (Å²) < 4.78 is 25.7. The third kappa shape index (κ3) is 4.60. The maximum Gasteiger partial charge on any atom is 0.255 e. The highest BCUT2D eigenvalue weighted by Crippen LogP contribution is 2.20. The molecule has 0 saturated carbocycles. The van der Waals surface area contributed by atoms with E-state index in [1.165, 1.54) is 4.41 Å². The number of benzene rings is 1. The van der Waals surface area contributed by atoms with Gasteiger partial charge in [0.25, 0.3) is 10.0 Å². The number of rotatable bonds is 2. The maximum atomic E-state index is 12.1. The predicted molar refractivity (Wildman–Crippen MR) is 80.3 cm³/mol. The van der Waals surface area contributed by atoms with Crippen LogP contribution in [0.2, 0.25) is 0 Å². The summed E-state index contributed by atoms with van der Waals surface area (Å²) in [7, 11) is -1.53. The molecule has 1 heterocycles. The molecular weight excluding hydrogens is 260 g/mol. The molecule has 1 aliphatic heterocycles. The fourth-order valence-electron chi connectivity index (χ4n) is 1.73. The highest BCUT2D eigenvalue weighted by molar-refractivity contribution is 7.89. The van der Waals surface area contributed by atoms with Crippen LogP contribution in [0, 0.1) is 0 Å². The van der Waals surface area contributed by atoms with Crippen LogP contribution in [-0.2, 0) is 10.0 Å². The molecule has 4 nitrogen and oxygen atoms in total. The van der Waals surface area contributed by atoms with Gasteiger partial charge in [0.15, 0.2) is 0 Å². The first-order chi connectivity index (χ1) is 9.12. The molecule has 5 heteroatoms. The van der Waals surface area contributed by atoms with E-state index in [-0.39, 0.29) is 0 Å². The molecule has 1 saturated heterocycles. The van der Waals surface area contributed by atoms with Crippen molar-refractivity contribution in [3.05, 3.63) is 30.3 Å². The molecule has 19 heavy (non-hydrogen) atoms. The average Bonchev–Trinajstić information content (AvgIpc) is 2.91. The second kappa shape index (κ2) is 9.07. The van der Waals surface area contributed by atoms with E-state index in [2.05, 4.69) is 0 Å². The Kier molecular flexibility index (Phi) is 8.63. The summed E-state index contributed by atoms with van der Waals surface area (Å²) in [6.45, 7) is 9.37. The van der Waals surface area contributed by atoms with Gasteiger partial charge in [0.2, 0.25) is 0 Å². The van der Waals surface area contributed by atoms with E-state index in [1.54, 1.807) is 36.3 Å². The Morgan fingerprint density at radius 2 is 1.47 bits per heavy atom. The molecule has 0 spiro atoms. The van der Waals surface area contributed by atoms with Crippen LogP contribution in [-0.4, -0.2) is 38.0 Å². The van der Waals surface area contributed by atoms with Crippen molar-refractivity contribution in [2.75, 3.05) is 20.1 Å². The summed E-state index contributed by atoms with van der Waals surface area (Å²) in [4.78, 5) is 0.360. The van der Waals surface area contributed by atoms with Crippen LogP contribution < -0.4 is 0 Å². The largest absolute Gasteiger partial charge is 0.255 e. The van der Waals surface area contributed by atoms with E-state index in [0.29, 0.717) is 11.4 Å². The number of nitrogens with zero attached hydrogens (tertiary/aromatic N) is 2. The first-order valence-corrected chi connectivity index (χ1v) is 8.35. The molecule has 1 fully saturated rings. The van der Waals surface area contributed by atoms with Crippen molar-refractivity contribution in [1.29, 1.82) is 0 Å². The fraction of sp³-hybridized carbons (Fsp3) is 0.571. The van der Waals surface area contributed by atoms with Gasteiger partial charge in [-0.1, -0.05) is 45.9 Å². The topological polar surface area (TPSA) is 40.6 Å². The van der Waals surface area contributed by atoms with Crippen LogP contribution >= 0.6 is 0 Å². The third-order valence-corrected chi connectivity index (χ3v) is 4.41. The fourth-order valence-corrected chi connectivity index (χ4v) is 3.30. The number of sulfonamides is 1. The predicted octanol–water partition coefficient (Wildman–Crippen LogP) is 2.98. The second-order valence-corrected chi connectivity index (χ2v) is 5.44. The molecule has 1 aromatic rings. The van der Waals surface area contributed by atoms with Crippen LogP contribution in [0.25, 0.3) is 0 Å². The Morgan fingerprint density at radius 1 is 0.947 bits per heavy atom. The van der Waals surface area contributed by atoms with E-state index in [1.807, 2.05) is 33.8 Å². The lowest BCUT2D eigenvalue weighted by atomic mass is 10.4. The summed E-state index contributed by atoms with van der Waals surface area (Å²) in [5.41, 5.74) is 0. The van der Waals surface area contributed by atoms with Crippen LogP contribution in [0.3, 0.4) is 0 Å². The smallest absolute Gasteiger partial charge is 0.231 e. The molecular formula is C14H26N2O2S. The van der Waals surface area contributed by atoms with Crippen LogP contribution in [0.5, 0.6) is 0 Å². The van der Waals surface area contributed by atoms with E-state index in [9.17, 15) is 8.42 Å². The van der Waals surface area contributed by atoms with E-state index in [4.69, 9.17) is 0 Å². The molecule has 0 aliphatic carbocycles. The van der Waals surface area contributed by atoms with Crippen molar-refractivity contribution in [1.82, 2.24) is 9.42 Å². The molecule has 1 aliphatic rings. The third-order valence-electron chi connectivity index (χ3n) is 2.53. The molecule has 2 rings (SSSR count). The zero-order valence-corrected chi connectivity index (χ0v) is 13.4. The molecule has 0 aromatic heterocycles. The molecule has 1 aromatic carbocycles. The minimum atomic E-state index is -3.33. The van der Waals surface area contributed by atoms with Gasteiger partial charge in [-0.15, -0.1) is 4.41 Å². The van der Waals surface area contributed by atoms with Crippen molar-refractivity contribution in [2.24, 2.45) is 0 Å². The lowest BCUT2D eigenvalue weighted by molar-refractivity contribution is 0.159. The van der Waals surface area contributed by atoms with Gasteiger partial charge in [-0.3, -0.25) is 0 Å². The zero-order valence-electron chi connectivity index (χ0n) is 12.6. The SMILES string of the molecule is CC.CC.CN1CCCN1S(=O)(=O)c1ccccc1. The highest BCUT2D eigenvalue weighted by atomic mass is 32.2. The molecule has 110 valence electrons. The normalized spacial score (nSPS) is 16.1. The van der Waals surface area contributed by atoms with Gasteiger partial charge in [0.1, 0.15) is 0 Å². The number of hydrogen-bond donors (Lipinski definition) is 0. The maximum absolute atomic E-state index is 12.1. The van der Waals surface area contributed by atoms with Crippen molar-refractivity contribution in [3.8, 4) is 0 Å². The first-order valence-electron chi connectivity index (χ1n) is 6.91. The quantitative estimate of drug-likeness (QED) is 0.839. The zero-order chi connectivity index (χ0) is 14.9. The Labute approximate surface area is 118 Å². The van der Waals surface area contributed by atoms with Crippen LogP contribution in [0.15, 0.2) is 35.2 Å². The second-order valence-electron chi connectivity index (χ2n) is 3.60. The van der Waals surface area contributed by atoms with Gasteiger partial charge in [-0.05, 0) is 18.6 Å². The van der Waals surface area contributed by atoms with Gasteiger partial charge < -0.3 is 0 Å². The highest BCUT2D eigenvalue weighted by Gasteiger charge is 2.31. The Balaban J connectivity index is 0.000000741. The minimum absolute atomic E-state index is 0.360. The van der Waals surface area contributed by atoms with Crippen LogP contribution in [0.4, 0.5) is 0 Å². The summed E-state index contributed by atoms with van der Waals surface area (Å²) in [5, 5.41) is 1.75. The van der Waals surface area contributed by atoms with E-state index < -0.39 is 10.0 Å². The van der Waals surface area contributed by atoms with Gasteiger partial charge in [0, 0.05) is 20.1 Å². The molecule has 0 N–H and O–H groups in total. The molecule has 0 unspecified atom stereocenters. The summed E-state index contributed by atoms with van der Waals surface area (Å²) in [6, 6.07) is 8.54. The Morgan fingerprint density at radius 3 is 1.89 bits per heavy atom.